The minimum absolute atomic E-state index is 0.395. The summed E-state index contributed by atoms with van der Waals surface area (Å²) in [5, 5.41) is 22.5. The number of hydrogen-bond donors (Lipinski definition) is 2. The molecular weight excluding hydrogens is 278 g/mol. The first-order chi connectivity index (χ1) is 9.69. The van der Waals surface area contributed by atoms with E-state index in [-0.39, 0.29) is 0 Å². The lowest BCUT2D eigenvalue weighted by Gasteiger charge is -2.28. The van der Waals surface area contributed by atoms with E-state index in [4.69, 9.17) is 21.6 Å². The van der Waals surface area contributed by atoms with E-state index in [1.807, 2.05) is 0 Å². The molecule has 108 valence electrons. The van der Waals surface area contributed by atoms with Gasteiger partial charge in [-0.15, -0.1) is 0 Å². The minimum atomic E-state index is -0.491. The van der Waals surface area contributed by atoms with E-state index in [1.54, 1.807) is 18.2 Å². The second kappa shape index (κ2) is 7.46. The molecule has 1 aliphatic heterocycles. The van der Waals surface area contributed by atoms with Gasteiger partial charge in [0.15, 0.2) is 0 Å². The highest BCUT2D eigenvalue weighted by Crippen LogP contribution is 2.22. The second-order valence-corrected chi connectivity index (χ2v) is 5.16. The van der Waals surface area contributed by atoms with E-state index in [2.05, 4.69) is 16.3 Å². The summed E-state index contributed by atoms with van der Waals surface area (Å²) in [6.07, 6.45) is -0.491. The van der Waals surface area contributed by atoms with Gasteiger partial charge >= 0.3 is 0 Å². The highest BCUT2D eigenvalue weighted by molar-refractivity contribution is 6.33. The number of aliphatic hydroxyl groups is 1. The summed E-state index contributed by atoms with van der Waals surface area (Å²) >= 11 is 6.05. The van der Waals surface area contributed by atoms with Crippen molar-refractivity contribution >= 4 is 17.3 Å². The van der Waals surface area contributed by atoms with Crippen molar-refractivity contribution < 1.29 is 9.84 Å². The van der Waals surface area contributed by atoms with Gasteiger partial charge < -0.3 is 15.2 Å². The molecule has 1 aliphatic rings. The van der Waals surface area contributed by atoms with Crippen molar-refractivity contribution in [3.05, 3.63) is 28.8 Å². The molecule has 0 saturated carbocycles. The van der Waals surface area contributed by atoms with Crippen LogP contribution in [0.3, 0.4) is 0 Å². The first-order valence-corrected chi connectivity index (χ1v) is 6.98. The van der Waals surface area contributed by atoms with Gasteiger partial charge in [-0.1, -0.05) is 11.6 Å². The average molecular weight is 296 g/mol. The Kier molecular flexibility index (Phi) is 5.62. The monoisotopic (exact) mass is 295 g/mol. The number of anilines is 1. The van der Waals surface area contributed by atoms with Crippen molar-refractivity contribution in [3.8, 4) is 6.07 Å². The minimum Gasteiger partial charge on any atom is -0.390 e. The number of nitrogens with zero attached hydrogens (tertiary/aromatic N) is 2. The predicted octanol–water partition coefficient (Wildman–Crippen LogP) is 1.32. The molecule has 1 heterocycles. The molecule has 1 aromatic carbocycles. The number of rotatable bonds is 5. The van der Waals surface area contributed by atoms with Crippen LogP contribution in [0, 0.1) is 11.3 Å². The fourth-order valence-corrected chi connectivity index (χ4v) is 2.29. The van der Waals surface area contributed by atoms with Crippen molar-refractivity contribution in [1.82, 2.24) is 4.90 Å². The van der Waals surface area contributed by atoms with Crippen molar-refractivity contribution in [2.75, 3.05) is 44.7 Å². The van der Waals surface area contributed by atoms with Gasteiger partial charge in [-0.2, -0.15) is 5.26 Å². The molecule has 1 atom stereocenters. The van der Waals surface area contributed by atoms with Crippen LogP contribution >= 0.6 is 11.6 Å². The van der Waals surface area contributed by atoms with Crippen LogP contribution in [0.15, 0.2) is 18.2 Å². The van der Waals surface area contributed by atoms with E-state index < -0.39 is 6.10 Å². The number of β-amino-alcohol motifs (C(OH)–C–C–N with tert-alkyl or cyclic N) is 1. The van der Waals surface area contributed by atoms with Crippen LogP contribution in [-0.4, -0.2) is 55.5 Å². The number of aliphatic hydroxyl groups excluding tert-OH is 1. The Hall–Kier alpha value is -1.32. The Morgan fingerprint density at radius 3 is 2.90 bits per heavy atom. The molecule has 2 rings (SSSR count). The van der Waals surface area contributed by atoms with E-state index in [0.717, 1.165) is 26.3 Å². The van der Waals surface area contributed by atoms with E-state index in [1.165, 1.54) is 0 Å². The number of nitrogens with one attached hydrogen (secondary N) is 1. The van der Waals surface area contributed by atoms with Gasteiger partial charge in [0, 0.05) is 26.2 Å². The maximum absolute atomic E-state index is 10.0. The van der Waals surface area contributed by atoms with Crippen molar-refractivity contribution in [3.63, 3.8) is 0 Å². The molecule has 0 radical (unpaired) electrons. The predicted molar refractivity (Wildman–Crippen MR) is 77.9 cm³/mol. The van der Waals surface area contributed by atoms with Crippen LogP contribution in [0.2, 0.25) is 5.02 Å². The van der Waals surface area contributed by atoms with Crippen molar-refractivity contribution in [2.24, 2.45) is 0 Å². The number of ether oxygens (including phenoxy) is 1. The number of benzene rings is 1. The molecule has 1 aromatic rings. The Morgan fingerprint density at radius 1 is 1.45 bits per heavy atom. The van der Waals surface area contributed by atoms with Gasteiger partial charge in [0.2, 0.25) is 0 Å². The molecule has 2 N–H and O–H groups in total. The number of morpholine rings is 1. The normalized spacial score (nSPS) is 17.4. The number of halogens is 1. The van der Waals surface area contributed by atoms with Crippen molar-refractivity contribution in [1.29, 1.82) is 5.26 Å². The summed E-state index contributed by atoms with van der Waals surface area (Å²) in [6, 6.07) is 7.09. The quantitative estimate of drug-likeness (QED) is 0.857. The van der Waals surface area contributed by atoms with Gasteiger partial charge in [-0.05, 0) is 18.2 Å². The van der Waals surface area contributed by atoms with E-state index in [0.29, 0.717) is 29.4 Å². The Balaban J connectivity index is 1.83. The first kappa shape index (κ1) is 15.1. The molecule has 20 heavy (non-hydrogen) atoms. The molecule has 0 bridgehead atoms. The third-order valence-corrected chi connectivity index (χ3v) is 3.53. The van der Waals surface area contributed by atoms with Crippen LogP contribution < -0.4 is 5.32 Å². The third-order valence-electron chi connectivity index (χ3n) is 3.20. The van der Waals surface area contributed by atoms with Crippen LogP contribution in [0.1, 0.15) is 5.56 Å². The Bertz CT molecular complexity index is 484. The lowest BCUT2D eigenvalue weighted by molar-refractivity contribution is 0.0171. The highest BCUT2D eigenvalue weighted by Gasteiger charge is 2.15. The SMILES string of the molecule is N#Cc1ccc(Cl)c(NCC(O)CN2CCOCC2)c1. The molecule has 5 nitrogen and oxygen atoms in total. The highest BCUT2D eigenvalue weighted by atomic mass is 35.5. The zero-order valence-corrected chi connectivity index (χ0v) is 11.9. The zero-order valence-electron chi connectivity index (χ0n) is 11.2. The topological polar surface area (TPSA) is 68.5 Å². The van der Waals surface area contributed by atoms with Gasteiger partial charge in [-0.3, -0.25) is 4.90 Å². The van der Waals surface area contributed by atoms with Crippen molar-refractivity contribution in [2.45, 2.75) is 6.10 Å². The molecule has 0 aliphatic carbocycles. The average Bonchev–Trinajstić information content (AvgIpc) is 2.47. The van der Waals surface area contributed by atoms with Crippen LogP contribution in [0.25, 0.3) is 0 Å². The molecule has 1 unspecified atom stereocenters. The lowest BCUT2D eigenvalue weighted by atomic mass is 10.2. The Morgan fingerprint density at radius 2 is 2.20 bits per heavy atom. The van der Waals surface area contributed by atoms with Crippen LogP contribution in [0.5, 0.6) is 0 Å². The van der Waals surface area contributed by atoms with E-state index in [9.17, 15) is 5.11 Å². The third kappa shape index (κ3) is 4.36. The summed E-state index contributed by atoms with van der Waals surface area (Å²) in [4.78, 5) is 2.17. The smallest absolute Gasteiger partial charge is 0.0992 e. The fraction of sp³-hybridized carbons (Fsp3) is 0.500. The lowest BCUT2D eigenvalue weighted by Crippen LogP contribution is -2.42. The maximum Gasteiger partial charge on any atom is 0.0992 e. The number of hydrogen-bond acceptors (Lipinski definition) is 5. The maximum atomic E-state index is 10.0. The zero-order chi connectivity index (χ0) is 14.4. The summed E-state index contributed by atoms with van der Waals surface area (Å²) < 4.78 is 5.26. The van der Waals surface area contributed by atoms with Gasteiger partial charge in [0.25, 0.3) is 0 Å². The molecule has 0 aromatic heterocycles. The van der Waals surface area contributed by atoms with Gasteiger partial charge in [0.05, 0.1) is 41.7 Å². The standard InChI is InChI=1S/C14H18ClN3O2/c15-13-2-1-11(8-16)7-14(13)17-9-12(19)10-18-3-5-20-6-4-18/h1-2,7,12,17,19H,3-6,9-10H2. The van der Waals surface area contributed by atoms with Crippen LogP contribution in [-0.2, 0) is 4.74 Å². The van der Waals surface area contributed by atoms with Crippen LogP contribution in [0.4, 0.5) is 5.69 Å². The van der Waals surface area contributed by atoms with Gasteiger partial charge in [0.1, 0.15) is 0 Å². The summed E-state index contributed by atoms with van der Waals surface area (Å²) in [7, 11) is 0. The number of nitriles is 1. The summed E-state index contributed by atoms with van der Waals surface area (Å²) in [6.45, 7) is 4.13. The molecule has 1 saturated heterocycles. The van der Waals surface area contributed by atoms with E-state index >= 15 is 0 Å². The second-order valence-electron chi connectivity index (χ2n) is 4.75. The largest absolute Gasteiger partial charge is 0.390 e. The first-order valence-electron chi connectivity index (χ1n) is 6.60. The molecule has 0 spiro atoms. The molecule has 0 amide bonds. The molecule has 6 heteroatoms. The Labute approximate surface area is 123 Å². The fourth-order valence-electron chi connectivity index (χ4n) is 2.10. The molecular formula is C14H18ClN3O2. The van der Waals surface area contributed by atoms with Gasteiger partial charge in [-0.25, -0.2) is 0 Å². The molecule has 1 fully saturated rings. The summed E-state index contributed by atoms with van der Waals surface area (Å²) in [5.41, 5.74) is 1.21. The summed E-state index contributed by atoms with van der Waals surface area (Å²) in [5.74, 6) is 0.